The molecule has 2 heteroatoms. The van der Waals surface area contributed by atoms with Gasteiger partial charge in [-0.3, -0.25) is 0 Å². The molecule has 0 bridgehead atoms. The lowest BCUT2D eigenvalue weighted by molar-refractivity contribution is 0.123. The maximum Gasteiger partial charge on any atom is 0.147 e. The predicted molar refractivity (Wildman–Crippen MR) is 50.5 cm³/mol. The molecule has 1 rings (SSSR count). The van der Waals surface area contributed by atoms with E-state index in [0.29, 0.717) is 0 Å². The van der Waals surface area contributed by atoms with Crippen molar-refractivity contribution < 1.29 is 4.43 Å². The van der Waals surface area contributed by atoms with Crippen molar-refractivity contribution in [1.82, 2.24) is 0 Å². The molecule has 11 heavy (non-hydrogen) atoms. The van der Waals surface area contributed by atoms with E-state index in [4.69, 9.17) is 4.43 Å². The van der Waals surface area contributed by atoms with Crippen molar-refractivity contribution in [3.63, 3.8) is 0 Å². The third-order valence-corrected chi connectivity index (χ3v) is 3.00. The summed E-state index contributed by atoms with van der Waals surface area (Å²) < 4.78 is 5.46. The van der Waals surface area contributed by atoms with Crippen LogP contribution in [-0.4, -0.2) is 10.5 Å². The Balaban J connectivity index is 2.93. The summed E-state index contributed by atoms with van der Waals surface area (Å²) in [4.78, 5) is 0. The lowest BCUT2D eigenvalue weighted by atomic mass is 9.99. The Kier molecular flexibility index (Phi) is 2.47. The molecule has 0 amide bonds. The van der Waals surface area contributed by atoms with Gasteiger partial charge in [-0.05, 0) is 19.4 Å². The molecule has 60 valence electrons. The smallest absolute Gasteiger partial charge is 0.147 e. The lowest BCUT2D eigenvalue weighted by Crippen LogP contribution is -2.19. The van der Waals surface area contributed by atoms with Crippen LogP contribution in [0.3, 0.4) is 0 Å². The summed E-state index contributed by atoms with van der Waals surface area (Å²) in [6, 6.07) is 10.3. The molecule has 0 unspecified atom stereocenters. The van der Waals surface area contributed by atoms with E-state index in [-0.39, 0.29) is 5.60 Å². The van der Waals surface area contributed by atoms with Crippen molar-refractivity contribution in [2.75, 3.05) is 0 Å². The summed E-state index contributed by atoms with van der Waals surface area (Å²) in [5.41, 5.74) is 1.14. The van der Waals surface area contributed by atoms with Gasteiger partial charge in [-0.2, -0.15) is 0 Å². The predicted octanol–water partition coefficient (Wildman–Crippen LogP) is 1.22. The monoisotopic (exact) mass is 166 g/mol. The average molecular weight is 166 g/mol. The van der Waals surface area contributed by atoms with Gasteiger partial charge in [0.1, 0.15) is 10.5 Å². The second-order valence-corrected chi connectivity index (χ2v) is 3.49. The van der Waals surface area contributed by atoms with Crippen LogP contribution in [0.2, 0.25) is 0 Å². The van der Waals surface area contributed by atoms with Gasteiger partial charge in [0.05, 0.1) is 5.60 Å². The van der Waals surface area contributed by atoms with Gasteiger partial charge in [0.15, 0.2) is 0 Å². The first-order chi connectivity index (χ1) is 5.17. The van der Waals surface area contributed by atoms with E-state index in [0.717, 1.165) is 10.5 Å². The second-order valence-electron chi connectivity index (χ2n) is 3.08. The van der Waals surface area contributed by atoms with Crippen LogP contribution in [0.5, 0.6) is 0 Å². The van der Waals surface area contributed by atoms with Crippen LogP contribution in [0.15, 0.2) is 30.3 Å². The minimum atomic E-state index is -0.104. The number of hydrogen-bond acceptors (Lipinski definition) is 1. The first-order valence-electron chi connectivity index (χ1n) is 3.77. The fourth-order valence-corrected chi connectivity index (χ4v) is 1.19. The summed E-state index contributed by atoms with van der Waals surface area (Å²) in [6.45, 7) is 4.19. The van der Waals surface area contributed by atoms with Crippen molar-refractivity contribution in [1.29, 1.82) is 0 Å². The van der Waals surface area contributed by atoms with Gasteiger partial charge in [0.2, 0.25) is 0 Å². The highest BCUT2D eigenvalue weighted by Gasteiger charge is 2.17. The van der Waals surface area contributed by atoms with Gasteiger partial charge in [-0.15, -0.1) is 0 Å². The maximum atomic E-state index is 5.46. The van der Waals surface area contributed by atoms with E-state index in [2.05, 4.69) is 26.0 Å². The second kappa shape index (κ2) is 3.20. The third kappa shape index (κ3) is 1.91. The normalized spacial score (nSPS) is 11.8. The molecule has 0 spiro atoms. The van der Waals surface area contributed by atoms with E-state index in [1.807, 2.05) is 18.2 Å². The molecule has 0 aromatic heterocycles. The molecule has 0 fully saturated rings. The van der Waals surface area contributed by atoms with Crippen molar-refractivity contribution in [2.24, 2.45) is 0 Å². The van der Waals surface area contributed by atoms with Crippen LogP contribution in [0.1, 0.15) is 19.4 Å². The SMILES string of the molecule is CC(C)(O[SiH3])c1ccccc1. The van der Waals surface area contributed by atoms with Crippen LogP contribution in [0, 0.1) is 0 Å². The largest absolute Gasteiger partial charge is 0.419 e. The van der Waals surface area contributed by atoms with Crippen LogP contribution >= 0.6 is 0 Å². The lowest BCUT2D eigenvalue weighted by Gasteiger charge is -2.23. The molecule has 0 atom stereocenters. The Labute approximate surface area is 70.9 Å². The van der Waals surface area contributed by atoms with E-state index in [1.54, 1.807) is 0 Å². The minimum absolute atomic E-state index is 0.104. The Morgan fingerprint density at radius 3 is 2.18 bits per heavy atom. The maximum absolute atomic E-state index is 5.46. The van der Waals surface area contributed by atoms with Crippen molar-refractivity contribution in [2.45, 2.75) is 19.4 Å². The van der Waals surface area contributed by atoms with Crippen LogP contribution in [-0.2, 0) is 10.0 Å². The fourth-order valence-electron chi connectivity index (χ4n) is 0.957. The Morgan fingerprint density at radius 1 is 1.18 bits per heavy atom. The van der Waals surface area contributed by atoms with E-state index < -0.39 is 0 Å². The van der Waals surface area contributed by atoms with Gasteiger partial charge >= 0.3 is 0 Å². The van der Waals surface area contributed by atoms with Gasteiger partial charge in [-0.1, -0.05) is 30.3 Å². The van der Waals surface area contributed by atoms with E-state index in [1.165, 1.54) is 5.56 Å². The van der Waals surface area contributed by atoms with Crippen molar-refractivity contribution >= 4 is 10.5 Å². The van der Waals surface area contributed by atoms with Crippen LogP contribution in [0.25, 0.3) is 0 Å². The summed E-state index contributed by atoms with van der Waals surface area (Å²) in [6.07, 6.45) is 0. The zero-order valence-electron chi connectivity index (χ0n) is 7.29. The molecule has 0 radical (unpaired) electrons. The molecular weight excluding hydrogens is 152 g/mol. The summed E-state index contributed by atoms with van der Waals surface area (Å²) in [5, 5.41) is 0. The molecular formula is C9H14OSi. The summed E-state index contributed by atoms with van der Waals surface area (Å²) in [5.74, 6) is 0. The Morgan fingerprint density at radius 2 is 1.73 bits per heavy atom. The van der Waals surface area contributed by atoms with Gasteiger partial charge in [0, 0.05) is 0 Å². The highest BCUT2D eigenvalue weighted by Crippen LogP contribution is 2.22. The van der Waals surface area contributed by atoms with E-state index >= 15 is 0 Å². The van der Waals surface area contributed by atoms with Crippen molar-refractivity contribution in [3.05, 3.63) is 35.9 Å². The summed E-state index contributed by atoms with van der Waals surface area (Å²) >= 11 is 0. The quantitative estimate of drug-likeness (QED) is 0.600. The Bertz CT molecular complexity index is 218. The number of hydrogen-bond donors (Lipinski definition) is 0. The topological polar surface area (TPSA) is 9.23 Å². The molecule has 0 heterocycles. The molecule has 0 aliphatic heterocycles. The minimum Gasteiger partial charge on any atom is -0.419 e. The van der Waals surface area contributed by atoms with Crippen molar-refractivity contribution in [3.8, 4) is 0 Å². The van der Waals surface area contributed by atoms with Gasteiger partial charge in [0.25, 0.3) is 0 Å². The zero-order valence-corrected chi connectivity index (χ0v) is 9.29. The first-order valence-corrected chi connectivity index (χ1v) is 4.59. The van der Waals surface area contributed by atoms with Crippen LogP contribution in [0.4, 0.5) is 0 Å². The molecule has 1 aromatic carbocycles. The number of rotatable bonds is 2. The molecule has 1 aromatic rings. The first kappa shape index (κ1) is 8.49. The van der Waals surface area contributed by atoms with Crippen LogP contribution < -0.4 is 0 Å². The van der Waals surface area contributed by atoms with Gasteiger partial charge in [-0.25, -0.2) is 0 Å². The molecule has 0 aliphatic rings. The molecule has 0 N–H and O–H groups in total. The molecule has 0 saturated heterocycles. The fraction of sp³-hybridized carbons (Fsp3) is 0.333. The summed E-state index contributed by atoms with van der Waals surface area (Å²) in [7, 11) is 0.782. The standard InChI is InChI=1S/C9H14OSi/c1-9(2,10-11)8-6-4-3-5-7-8/h3-7H,1-2,11H3. The zero-order chi connectivity index (χ0) is 8.32. The van der Waals surface area contributed by atoms with E-state index in [9.17, 15) is 0 Å². The van der Waals surface area contributed by atoms with Gasteiger partial charge < -0.3 is 4.43 Å². The third-order valence-electron chi connectivity index (χ3n) is 1.98. The highest BCUT2D eigenvalue weighted by molar-refractivity contribution is 5.98. The molecule has 1 nitrogen and oxygen atoms in total. The molecule has 0 aliphatic carbocycles. The number of benzene rings is 1. The highest BCUT2D eigenvalue weighted by atomic mass is 28.2. The average Bonchev–Trinajstić information content (AvgIpc) is 2.06. The Hall–Kier alpha value is -0.603. The molecule has 0 saturated carbocycles.